The highest BCUT2D eigenvalue weighted by Gasteiger charge is 2.83. The van der Waals surface area contributed by atoms with Gasteiger partial charge in [0.15, 0.2) is 0 Å². The molecule has 3 rings (SSSR count). The van der Waals surface area contributed by atoms with E-state index in [0.29, 0.717) is 24.3 Å². The Hall–Kier alpha value is -3.00. The lowest BCUT2D eigenvalue weighted by molar-refractivity contribution is -0.398. The summed E-state index contributed by atoms with van der Waals surface area (Å²) >= 11 is 0. The Kier molecular flexibility index (Phi) is 9.72. The second-order valence-corrected chi connectivity index (χ2v) is 13.2. The zero-order valence-corrected chi connectivity index (χ0v) is 24.3. The molecule has 49 heavy (non-hydrogen) atoms. The Bertz CT molecular complexity index is 1680. The van der Waals surface area contributed by atoms with Crippen LogP contribution in [0.2, 0.25) is 0 Å². The first-order chi connectivity index (χ1) is 21.6. The van der Waals surface area contributed by atoms with Crippen molar-refractivity contribution >= 4 is 20.2 Å². The number of hydrogen-bond acceptors (Lipinski definition) is 6. The zero-order valence-electron chi connectivity index (χ0n) is 22.7. The Morgan fingerprint density at radius 2 is 0.755 bits per heavy atom. The molecule has 0 saturated heterocycles. The van der Waals surface area contributed by atoms with Crippen molar-refractivity contribution in [3.63, 3.8) is 0 Å². The number of fused-ring (bicyclic) bond motifs is 3. The molecule has 0 fully saturated rings. The molecule has 0 aliphatic heterocycles. The average Bonchev–Trinajstić information content (AvgIpc) is 3.31. The van der Waals surface area contributed by atoms with Crippen LogP contribution in [0, 0.1) is 0 Å². The molecule has 2 aromatic carbocycles. The summed E-state index contributed by atoms with van der Waals surface area (Å²) < 4.78 is 291. The van der Waals surface area contributed by atoms with Gasteiger partial charge in [-0.25, -0.2) is 0 Å². The first kappa shape index (κ1) is 40.4. The van der Waals surface area contributed by atoms with E-state index in [4.69, 9.17) is 0 Å². The first-order valence-electron chi connectivity index (χ1n) is 12.0. The van der Waals surface area contributed by atoms with Crippen molar-refractivity contribution in [1.82, 2.24) is 0 Å². The van der Waals surface area contributed by atoms with Gasteiger partial charge in [-0.1, -0.05) is 12.1 Å². The van der Waals surface area contributed by atoms with Crippen LogP contribution in [0.3, 0.4) is 0 Å². The third-order valence-electron chi connectivity index (χ3n) is 6.61. The van der Waals surface area contributed by atoms with Crippen LogP contribution >= 0.6 is 0 Å². The van der Waals surface area contributed by atoms with E-state index in [1.807, 2.05) is 0 Å². The van der Waals surface area contributed by atoms with Gasteiger partial charge in [0.25, 0.3) is 20.2 Å². The molecule has 0 heterocycles. The van der Waals surface area contributed by atoms with Gasteiger partial charge in [-0.2, -0.15) is 95.9 Å². The van der Waals surface area contributed by atoms with E-state index in [1.165, 1.54) is 0 Å². The fourth-order valence-electron chi connectivity index (χ4n) is 3.91. The summed E-state index contributed by atoms with van der Waals surface area (Å²) in [6.07, 6.45) is -15.0. The van der Waals surface area contributed by atoms with Crippen molar-refractivity contribution in [1.29, 1.82) is 0 Å². The largest absolute Gasteiger partial charge is 0.460 e. The van der Waals surface area contributed by atoms with E-state index in [0.717, 1.165) is 12.1 Å². The van der Waals surface area contributed by atoms with Crippen LogP contribution in [-0.2, 0) is 35.0 Å². The van der Waals surface area contributed by atoms with Gasteiger partial charge in [-0.15, -0.1) is 0 Å². The Labute approximate surface area is 260 Å². The van der Waals surface area contributed by atoms with Crippen LogP contribution in [0.5, 0.6) is 0 Å². The number of benzene rings is 2. The second-order valence-electron chi connectivity index (χ2n) is 9.95. The van der Waals surface area contributed by atoms with Gasteiger partial charge >= 0.3 is 47.9 Å². The quantitative estimate of drug-likeness (QED) is 0.139. The molecule has 2 aromatic rings. The molecule has 278 valence electrons. The number of rotatable bonds is 12. The molecule has 0 spiro atoms. The van der Waals surface area contributed by atoms with Crippen LogP contribution in [0.15, 0.2) is 46.2 Å². The maximum atomic E-state index is 13.7. The molecule has 0 atom stereocenters. The minimum atomic E-state index is -7.35. The van der Waals surface area contributed by atoms with E-state index < -0.39 is 97.5 Å². The summed E-state index contributed by atoms with van der Waals surface area (Å²) in [6, 6.07) is 3.85. The monoisotopic (exact) mass is 790 g/mol. The highest BCUT2D eigenvalue weighted by atomic mass is 32.2. The molecule has 1 aliphatic carbocycles. The van der Waals surface area contributed by atoms with Crippen molar-refractivity contribution < 1.29 is 104 Å². The van der Waals surface area contributed by atoms with E-state index >= 15 is 0 Å². The SMILES string of the molecule is O=S(=O)(OCC(F)(F)C(F)(F)C(F)(F)C(F)(F)F)c1ccc2c(c1)Cc1cc(S(=O)(=O)OCC(F)(F)C(F)(F)C(F)(F)C(F)(F)F)ccc1-2. The van der Waals surface area contributed by atoms with Gasteiger partial charge in [0.2, 0.25) is 0 Å². The summed E-state index contributed by atoms with van der Waals surface area (Å²) in [6.45, 7) is -6.43. The van der Waals surface area contributed by atoms with E-state index in [-0.39, 0.29) is 22.3 Å². The van der Waals surface area contributed by atoms with Crippen LogP contribution in [-0.4, -0.2) is 77.9 Å². The van der Waals surface area contributed by atoms with Gasteiger partial charge in [0, 0.05) is 0 Å². The molecule has 1 aliphatic rings. The van der Waals surface area contributed by atoms with E-state index in [2.05, 4.69) is 8.37 Å². The molecule has 0 amide bonds. The zero-order chi connectivity index (χ0) is 38.2. The van der Waals surface area contributed by atoms with Crippen molar-refractivity contribution in [2.45, 2.75) is 64.1 Å². The molecular weight excluding hydrogens is 778 g/mol. The molecule has 6 nitrogen and oxygen atoms in total. The fourth-order valence-corrected chi connectivity index (χ4v) is 5.83. The standard InChI is InChI=1S/C23H12F18O6S2/c24-16(25,18(28,29)20(32,33)22(36,37)38)8-46-48(42,43)12-1-3-14-10(6-12)5-11-7-13(2-4-15(11)14)49(44,45)47-9-17(26,27)19(30,31)21(34,35)23(39,40)41/h1-4,6-7H,5,8-9H2. The Morgan fingerprint density at radius 1 is 0.469 bits per heavy atom. The number of halogens is 18. The van der Waals surface area contributed by atoms with Crippen molar-refractivity contribution in [3.8, 4) is 11.1 Å². The molecule has 0 aromatic heterocycles. The molecule has 0 bridgehead atoms. The maximum absolute atomic E-state index is 13.7. The molecule has 0 saturated carbocycles. The summed E-state index contributed by atoms with van der Waals surface area (Å²) in [5, 5.41) is 0. The fraction of sp³-hybridized carbons (Fsp3) is 0.478. The summed E-state index contributed by atoms with van der Waals surface area (Å²) in [5.41, 5.74) is -0.421. The third-order valence-corrected chi connectivity index (χ3v) is 9.13. The van der Waals surface area contributed by atoms with Gasteiger partial charge in [-0.3, -0.25) is 8.37 Å². The Balaban J connectivity index is 1.81. The van der Waals surface area contributed by atoms with Crippen LogP contribution in [0.4, 0.5) is 79.0 Å². The van der Waals surface area contributed by atoms with Gasteiger partial charge in [0.05, 0.1) is 9.79 Å². The molecule has 0 N–H and O–H groups in total. The van der Waals surface area contributed by atoms with Crippen LogP contribution in [0.25, 0.3) is 11.1 Å². The lowest BCUT2D eigenvalue weighted by Crippen LogP contribution is -2.62. The average molecular weight is 790 g/mol. The maximum Gasteiger partial charge on any atom is 0.460 e. The van der Waals surface area contributed by atoms with E-state index in [1.54, 1.807) is 0 Å². The summed E-state index contributed by atoms with van der Waals surface area (Å²) in [4.78, 5) is -2.37. The molecule has 26 heteroatoms. The predicted molar refractivity (Wildman–Crippen MR) is 123 cm³/mol. The van der Waals surface area contributed by atoms with Crippen LogP contribution in [0.1, 0.15) is 11.1 Å². The number of alkyl halides is 18. The lowest BCUT2D eigenvalue weighted by Gasteiger charge is -2.33. The van der Waals surface area contributed by atoms with Crippen molar-refractivity contribution in [2.24, 2.45) is 0 Å². The minimum absolute atomic E-state index is 0.0129. The molecule has 0 unspecified atom stereocenters. The summed E-state index contributed by atoms with van der Waals surface area (Å²) in [7, 11) is -11.3. The normalized spacial score (nSPS) is 15.7. The minimum Gasteiger partial charge on any atom is -0.260 e. The molecular formula is C23H12F18O6S2. The smallest absolute Gasteiger partial charge is 0.260 e. The summed E-state index contributed by atoms with van der Waals surface area (Å²) in [5.74, 6) is -42.0. The van der Waals surface area contributed by atoms with Gasteiger partial charge < -0.3 is 0 Å². The van der Waals surface area contributed by atoms with Gasteiger partial charge in [0.1, 0.15) is 13.2 Å². The topological polar surface area (TPSA) is 86.7 Å². The highest BCUT2D eigenvalue weighted by Crippen LogP contribution is 2.54. The Morgan fingerprint density at radius 3 is 1.02 bits per heavy atom. The van der Waals surface area contributed by atoms with Crippen molar-refractivity contribution in [3.05, 3.63) is 47.5 Å². The lowest BCUT2D eigenvalue weighted by atomic mass is 10.1. The third kappa shape index (κ3) is 6.75. The van der Waals surface area contributed by atoms with Crippen molar-refractivity contribution in [2.75, 3.05) is 13.2 Å². The number of hydrogen-bond donors (Lipinski definition) is 0. The van der Waals surface area contributed by atoms with Gasteiger partial charge in [-0.05, 0) is 52.9 Å². The predicted octanol–water partition coefficient (Wildman–Crippen LogP) is 7.60. The van der Waals surface area contributed by atoms with E-state index in [9.17, 15) is 95.9 Å². The first-order valence-corrected chi connectivity index (χ1v) is 14.8. The van der Waals surface area contributed by atoms with Crippen LogP contribution < -0.4 is 0 Å². The highest BCUT2D eigenvalue weighted by molar-refractivity contribution is 7.87. The second kappa shape index (κ2) is 11.8. The molecule has 0 radical (unpaired) electrons.